The number of primary amides is 1. The Labute approximate surface area is 137 Å². The number of thiophene rings is 1. The third kappa shape index (κ3) is 2.99. The molecular formula is C17H17FN2O2S. The number of hydrogen-bond donors (Lipinski definition) is 2. The van der Waals surface area contributed by atoms with Crippen LogP contribution in [0.1, 0.15) is 44.5 Å². The van der Waals surface area contributed by atoms with Gasteiger partial charge in [0.1, 0.15) is 10.8 Å². The second-order valence-corrected chi connectivity index (χ2v) is 6.96. The molecule has 3 N–H and O–H groups in total. The SMILES string of the molecule is C[C@H]1CCc2c(sc(NC(=O)c3ccccc3F)c2C(N)=O)C1. The van der Waals surface area contributed by atoms with Crippen molar-refractivity contribution in [3.05, 3.63) is 51.7 Å². The van der Waals surface area contributed by atoms with E-state index >= 15 is 0 Å². The minimum absolute atomic E-state index is 0.0531. The zero-order valence-electron chi connectivity index (χ0n) is 12.7. The van der Waals surface area contributed by atoms with Crippen molar-refractivity contribution in [3.8, 4) is 0 Å². The van der Waals surface area contributed by atoms with Crippen LogP contribution >= 0.6 is 11.3 Å². The van der Waals surface area contributed by atoms with Gasteiger partial charge in [-0.25, -0.2) is 4.39 Å². The summed E-state index contributed by atoms with van der Waals surface area (Å²) in [6.07, 6.45) is 2.64. The Balaban J connectivity index is 1.96. The molecule has 1 heterocycles. The summed E-state index contributed by atoms with van der Waals surface area (Å²) in [6, 6.07) is 5.75. The van der Waals surface area contributed by atoms with E-state index in [1.54, 1.807) is 6.07 Å². The summed E-state index contributed by atoms with van der Waals surface area (Å²) in [4.78, 5) is 25.2. The molecule has 2 aromatic rings. The molecule has 0 bridgehead atoms. The zero-order chi connectivity index (χ0) is 16.6. The van der Waals surface area contributed by atoms with Gasteiger partial charge in [0, 0.05) is 4.88 Å². The van der Waals surface area contributed by atoms with Crippen molar-refractivity contribution in [2.45, 2.75) is 26.2 Å². The Morgan fingerprint density at radius 1 is 1.35 bits per heavy atom. The molecule has 1 aliphatic carbocycles. The van der Waals surface area contributed by atoms with Crippen molar-refractivity contribution < 1.29 is 14.0 Å². The average molecular weight is 332 g/mol. The first kappa shape index (κ1) is 15.7. The van der Waals surface area contributed by atoms with Gasteiger partial charge in [-0.15, -0.1) is 11.3 Å². The third-order valence-electron chi connectivity index (χ3n) is 4.10. The van der Waals surface area contributed by atoms with Gasteiger partial charge in [0.25, 0.3) is 11.8 Å². The van der Waals surface area contributed by atoms with Crippen LogP contribution in [0.4, 0.5) is 9.39 Å². The molecule has 0 aliphatic heterocycles. The van der Waals surface area contributed by atoms with E-state index in [1.807, 2.05) is 0 Å². The van der Waals surface area contributed by atoms with Crippen LogP contribution in [-0.2, 0) is 12.8 Å². The molecule has 0 fully saturated rings. The number of hydrogen-bond acceptors (Lipinski definition) is 3. The maximum absolute atomic E-state index is 13.7. The van der Waals surface area contributed by atoms with Gasteiger partial charge in [-0.1, -0.05) is 19.1 Å². The first-order chi connectivity index (χ1) is 11.0. The number of anilines is 1. The Hall–Kier alpha value is -2.21. The topological polar surface area (TPSA) is 72.2 Å². The van der Waals surface area contributed by atoms with E-state index in [1.165, 1.54) is 29.5 Å². The molecule has 6 heteroatoms. The van der Waals surface area contributed by atoms with Gasteiger partial charge in [0.2, 0.25) is 0 Å². The predicted molar refractivity (Wildman–Crippen MR) is 88.4 cm³/mol. The molecule has 2 amide bonds. The van der Waals surface area contributed by atoms with E-state index in [-0.39, 0.29) is 5.56 Å². The Kier molecular flexibility index (Phi) is 4.17. The molecule has 0 radical (unpaired) electrons. The highest BCUT2D eigenvalue weighted by atomic mass is 32.1. The minimum atomic E-state index is -0.597. The van der Waals surface area contributed by atoms with E-state index in [0.29, 0.717) is 16.5 Å². The normalized spacial score (nSPS) is 16.7. The summed E-state index contributed by atoms with van der Waals surface area (Å²) in [5, 5.41) is 3.08. The summed E-state index contributed by atoms with van der Waals surface area (Å²) in [5.41, 5.74) is 6.76. The summed E-state index contributed by atoms with van der Waals surface area (Å²) >= 11 is 1.37. The van der Waals surface area contributed by atoms with E-state index < -0.39 is 17.6 Å². The molecule has 1 aromatic heterocycles. The molecule has 4 nitrogen and oxygen atoms in total. The lowest BCUT2D eigenvalue weighted by Crippen LogP contribution is -2.19. The molecule has 0 saturated carbocycles. The number of benzene rings is 1. The van der Waals surface area contributed by atoms with Crippen LogP contribution < -0.4 is 11.1 Å². The zero-order valence-corrected chi connectivity index (χ0v) is 13.5. The number of nitrogens with two attached hydrogens (primary N) is 1. The first-order valence-electron chi connectivity index (χ1n) is 7.47. The van der Waals surface area contributed by atoms with Crippen molar-refractivity contribution in [1.82, 2.24) is 0 Å². The molecular weight excluding hydrogens is 315 g/mol. The fourth-order valence-corrected chi connectivity index (χ4v) is 4.33. The smallest absolute Gasteiger partial charge is 0.259 e. The maximum atomic E-state index is 13.7. The van der Waals surface area contributed by atoms with Crippen molar-refractivity contribution in [2.24, 2.45) is 11.7 Å². The van der Waals surface area contributed by atoms with Crippen molar-refractivity contribution in [2.75, 3.05) is 5.32 Å². The second-order valence-electron chi connectivity index (χ2n) is 5.85. The largest absolute Gasteiger partial charge is 0.365 e. The fraction of sp³-hybridized carbons (Fsp3) is 0.294. The van der Waals surface area contributed by atoms with Crippen molar-refractivity contribution in [1.29, 1.82) is 0 Å². The van der Waals surface area contributed by atoms with Gasteiger partial charge >= 0.3 is 0 Å². The number of fused-ring (bicyclic) bond motifs is 1. The lowest BCUT2D eigenvalue weighted by atomic mass is 9.88. The monoisotopic (exact) mass is 332 g/mol. The van der Waals surface area contributed by atoms with Crippen LogP contribution in [0.2, 0.25) is 0 Å². The highest BCUT2D eigenvalue weighted by Gasteiger charge is 2.27. The van der Waals surface area contributed by atoms with Crippen LogP contribution in [0.5, 0.6) is 0 Å². The van der Waals surface area contributed by atoms with Crippen LogP contribution in [0.3, 0.4) is 0 Å². The maximum Gasteiger partial charge on any atom is 0.259 e. The van der Waals surface area contributed by atoms with Gasteiger partial charge in [-0.2, -0.15) is 0 Å². The standard InChI is InChI=1S/C17H17FN2O2S/c1-9-6-7-11-13(8-9)23-17(14(11)15(19)21)20-16(22)10-4-2-3-5-12(10)18/h2-5,9H,6-8H2,1H3,(H2,19,21)(H,20,22)/t9-/m0/s1. The number of rotatable bonds is 3. The second kappa shape index (κ2) is 6.12. The average Bonchev–Trinajstić information content (AvgIpc) is 2.84. The predicted octanol–water partition coefficient (Wildman–Crippen LogP) is 3.36. The molecule has 0 spiro atoms. The minimum Gasteiger partial charge on any atom is -0.365 e. The van der Waals surface area contributed by atoms with Crippen molar-refractivity contribution >= 4 is 28.2 Å². The molecule has 1 aliphatic rings. The first-order valence-corrected chi connectivity index (χ1v) is 8.29. The molecule has 1 atom stereocenters. The highest BCUT2D eigenvalue weighted by molar-refractivity contribution is 7.17. The van der Waals surface area contributed by atoms with Crippen LogP contribution in [0.15, 0.2) is 24.3 Å². The molecule has 1 aromatic carbocycles. The van der Waals surface area contributed by atoms with Gasteiger partial charge < -0.3 is 11.1 Å². The fourth-order valence-electron chi connectivity index (χ4n) is 2.92. The summed E-state index contributed by atoms with van der Waals surface area (Å²) < 4.78 is 13.7. The number of amides is 2. The highest BCUT2D eigenvalue weighted by Crippen LogP contribution is 2.39. The molecule has 3 rings (SSSR count). The van der Waals surface area contributed by atoms with Gasteiger partial charge in [-0.05, 0) is 42.9 Å². The summed E-state index contributed by atoms with van der Waals surface area (Å²) in [6.45, 7) is 2.16. The van der Waals surface area contributed by atoms with Gasteiger partial charge in [0.15, 0.2) is 0 Å². The summed E-state index contributed by atoms with van der Waals surface area (Å²) in [7, 11) is 0. The third-order valence-corrected chi connectivity index (χ3v) is 5.27. The quantitative estimate of drug-likeness (QED) is 0.904. The Bertz CT molecular complexity index is 785. The summed E-state index contributed by atoms with van der Waals surface area (Å²) in [5.74, 6) is -1.18. The molecule has 120 valence electrons. The number of carbonyl (C=O) groups excluding carboxylic acids is 2. The Morgan fingerprint density at radius 2 is 2.09 bits per heavy atom. The number of carbonyl (C=O) groups is 2. The molecule has 0 saturated heterocycles. The van der Waals surface area contributed by atoms with Crippen LogP contribution in [0.25, 0.3) is 0 Å². The number of nitrogens with one attached hydrogen (secondary N) is 1. The van der Waals surface area contributed by atoms with Crippen LogP contribution in [0, 0.1) is 11.7 Å². The number of halogens is 1. The lowest BCUT2D eigenvalue weighted by Gasteiger charge is -2.18. The van der Waals surface area contributed by atoms with E-state index in [2.05, 4.69) is 12.2 Å². The molecule has 0 unspecified atom stereocenters. The Morgan fingerprint density at radius 3 is 2.78 bits per heavy atom. The van der Waals surface area contributed by atoms with E-state index in [9.17, 15) is 14.0 Å². The van der Waals surface area contributed by atoms with E-state index in [0.717, 1.165) is 29.7 Å². The van der Waals surface area contributed by atoms with Gasteiger partial charge in [0.05, 0.1) is 11.1 Å². The van der Waals surface area contributed by atoms with Crippen molar-refractivity contribution in [3.63, 3.8) is 0 Å². The van der Waals surface area contributed by atoms with E-state index in [4.69, 9.17) is 5.73 Å². The lowest BCUT2D eigenvalue weighted by molar-refractivity contribution is 0.1000. The van der Waals surface area contributed by atoms with Crippen LogP contribution in [-0.4, -0.2) is 11.8 Å². The molecule has 23 heavy (non-hydrogen) atoms. The van der Waals surface area contributed by atoms with Gasteiger partial charge in [-0.3, -0.25) is 9.59 Å².